The number of ether oxygens (including phenoxy) is 1. The fraction of sp³-hybridized carbons (Fsp3) is 0.227. The molecule has 1 aromatic heterocycles. The smallest absolute Gasteiger partial charge is 0.271 e. The molecule has 3 rings (SSSR count). The predicted molar refractivity (Wildman–Crippen MR) is 120 cm³/mol. The molecule has 1 atom stereocenters. The van der Waals surface area contributed by atoms with Gasteiger partial charge in [0, 0.05) is 23.2 Å². The number of para-hydroxylation sites is 1. The molecule has 156 valence electrons. The Labute approximate surface area is 184 Å². The summed E-state index contributed by atoms with van der Waals surface area (Å²) >= 11 is 7.45. The highest BCUT2D eigenvalue weighted by atomic mass is 35.5. The fourth-order valence-corrected chi connectivity index (χ4v) is 3.77. The van der Waals surface area contributed by atoms with Gasteiger partial charge < -0.3 is 10.1 Å². The number of benzene rings is 2. The van der Waals surface area contributed by atoms with Crippen LogP contribution in [0, 0.1) is 6.92 Å². The number of halogens is 1. The van der Waals surface area contributed by atoms with Crippen LogP contribution in [-0.4, -0.2) is 28.0 Å². The van der Waals surface area contributed by atoms with Crippen molar-refractivity contribution in [2.45, 2.75) is 30.7 Å². The molecule has 0 fully saturated rings. The van der Waals surface area contributed by atoms with E-state index in [1.54, 1.807) is 32.2 Å². The summed E-state index contributed by atoms with van der Waals surface area (Å²) in [6.07, 6.45) is 0. The Hall–Kier alpha value is -2.77. The van der Waals surface area contributed by atoms with Crippen molar-refractivity contribution in [2.75, 3.05) is 7.11 Å². The van der Waals surface area contributed by atoms with Gasteiger partial charge in [-0.2, -0.15) is 9.78 Å². The predicted octanol–water partition coefficient (Wildman–Crippen LogP) is 4.00. The molecule has 0 saturated heterocycles. The van der Waals surface area contributed by atoms with Gasteiger partial charge in [-0.3, -0.25) is 9.59 Å². The molecule has 0 aliphatic carbocycles. The second kappa shape index (κ2) is 9.82. The topological polar surface area (TPSA) is 73.2 Å². The van der Waals surface area contributed by atoms with Gasteiger partial charge in [0.25, 0.3) is 5.56 Å². The number of hydrogen-bond donors (Lipinski definition) is 1. The third-order valence-electron chi connectivity index (χ3n) is 4.49. The second-order valence-corrected chi connectivity index (χ2v) is 8.41. The molecular weight excluding hydrogens is 422 g/mol. The van der Waals surface area contributed by atoms with Gasteiger partial charge in [-0.1, -0.05) is 47.6 Å². The number of carbonyl (C=O) groups is 1. The molecule has 0 bridgehead atoms. The van der Waals surface area contributed by atoms with Gasteiger partial charge in [0.1, 0.15) is 10.8 Å². The van der Waals surface area contributed by atoms with Crippen LogP contribution in [0.3, 0.4) is 0 Å². The Balaban J connectivity index is 1.70. The van der Waals surface area contributed by atoms with Crippen molar-refractivity contribution in [1.29, 1.82) is 0 Å². The highest BCUT2D eigenvalue weighted by Crippen LogP contribution is 2.23. The highest BCUT2D eigenvalue weighted by Gasteiger charge is 2.16. The fourth-order valence-electron chi connectivity index (χ4n) is 2.77. The van der Waals surface area contributed by atoms with Crippen molar-refractivity contribution in [1.82, 2.24) is 15.1 Å². The normalized spacial score (nSPS) is 11.7. The maximum absolute atomic E-state index is 12.5. The van der Waals surface area contributed by atoms with Crippen LogP contribution in [0.25, 0.3) is 5.69 Å². The number of aromatic nitrogens is 2. The molecule has 1 heterocycles. The monoisotopic (exact) mass is 443 g/mol. The van der Waals surface area contributed by atoms with E-state index in [4.69, 9.17) is 16.3 Å². The number of rotatable bonds is 7. The largest absolute Gasteiger partial charge is 0.496 e. The third-order valence-corrected chi connectivity index (χ3v) is 5.92. The van der Waals surface area contributed by atoms with Crippen molar-refractivity contribution in [3.63, 3.8) is 0 Å². The summed E-state index contributed by atoms with van der Waals surface area (Å²) in [7, 11) is 1.60. The molecular formula is C22H22ClN3O3S. The lowest BCUT2D eigenvalue weighted by molar-refractivity contribution is -0.120. The third kappa shape index (κ3) is 5.23. The minimum atomic E-state index is -0.403. The number of nitrogens with one attached hydrogen (secondary N) is 1. The molecule has 1 unspecified atom stereocenters. The number of aryl methyl sites for hydroxylation is 1. The van der Waals surface area contributed by atoms with E-state index in [0.717, 1.165) is 16.9 Å². The summed E-state index contributed by atoms with van der Waals surface area (Å²) in [6, 6.07) is 15.9. The first-order valence-electron chi connectivity index (χ1n) is 9.32. The lowest BCUT2D eigenvalue weighted by Crippen LogP contribution is -2.31. The van der Waals surface area contributed by atoms with E-state index >= 15 is 0 Å². The van der Waals surface area contributed by atoms with Crippen LogP contribution >= 0.6 is 23.4 Å². The van der Waals surface area contributed by atoms with Crippen molar-refractivity contribution in [2.24, 2.45) is 0 Å². The Morgan fingerprint density at radius 2 is 2.00 bits per heavy atom. The molecule has 1 amide bonds. The molecule has 30 heavy (non-hydrogen) atoms. The van der Waals surface area contributed by atoms with E-state index in [1.165, 1.54) is 22.5 Å². The first kappa shape index (κ1) is 21.9. The van der Waals surface area contributed by atoms with Crippen molar-refractivity contribution in [3.8, 4) is 11.4 Å². The molecule has 6 nitrogen and oxygen atoms in total. The Bertz CT molecular complexity index is 1120. The highest BCUT2D eigenvalue weighted by molar-refractivity contribution is 8.00. The summed E-state index contributed by atoms with van der Waals surface area (Å²) in [4.78, 5) is 24.8. The van der Waals surface area contributed by atoms with Gasteiger partial charge in [-0.05, 0) is 43.7 Å². The molecule has 0 aliphatic heterocycles. The zero-order valence-corrected chi connectivity index (χ0v) is 18.5. The summed E-state index contributed by atoms with van der Waals surface area (Å²) < 4.78 is 6.59. The van der Waals surface area contributed by atoms with E-state index in [-0.39, 0.29) is 11.5 Å². The van der Waals surface area contributed by atoms with E-state index < -0.39 is 5.25 Å². The molecule has 0 saturated carbocycles. The number of nitrogens with zero attached hydrogens (tertiary/aromatic N) is 2. The van der Waals surface area contributed by atoms with Crippen LogP contribution < -0.4 is 15.6 Å². The van der Waals surface area contributed by atoms with Crippen molar-refractivity contribution >= 4 is 29.3 Å². The summed E-state index contributed by atoms with van der Waals surface area (Å²) in [6.45, 7) is 4.05. The molecule has 0 radical (unpaired) electrons. The van der Waals surface area contributed by atoms with E-state index in [0.29, 0.717) is 22.3 Å². The van der Waals surface area contributed by atoms with E-state index in [2.05, 4.69) is 10.4 Å². The van der Waals surface area contributed by atoms with Crippen LogP contribution in [0.5, 0.6) is 5.75 Å². The van der Waals surface area contributed by atoms with Crippen LogP contribution in [0.15, 0.2) is 64.4 Å². The van der Waals surface area contributed by atoms with Crippen LogP contribution in [0.2, 0.25) is 5.02 Å². The molecule has 2 aromatic carbocycles. The molecule has 8 heteroatoms. The maximum Gasteiger partial charge on any atom is 0.271 e. The van der Waals surface area contributed by atoms with Crippen LogP contribution in [0.4, 0.5) is 0 Å². The number of methoxy groups -OCH3 is 1. The molecule has 0 spiro atoms. The Kier molecular flexibility index (Phi) is 7.18. The average molecular weight is 444 g/mol. The number of hydrogen-bond acceptors (Lipinski definition) is 5. The average Bonchev–Trinajstić information content (AvgIpc) is 2.75. The van der Waals surface area contributed by atoms with Gasteiger partial charge >= 0.3 is 0 Å². The first-order valence-corrected chi connectivity index (χ1v) is 10.6. The Morgan fingerprint density at radius 3 is 2.73 bits per heavy atom. The Morgan fingerprint density at radius 1 is 1.23 bits per heavy atom. The standard InChI is InChI=1S/C22H22ClN3O3S/c1-14-8-9-17(12-18(14)23)26-21(27)11-10-20(25-26)30-15(2)22(28)24-13-16-6-4-5-7-19(16)29-3/h4-12,15H,13H2,1-3H3,(H,24,28). The lowest BCUT2D eigenvalue weighted by atomic mass is 10.2. The van der Waals surface area contributed by atoms with E-state index in [1.807, 2.05) is 37.3 Å². The minimum absolute atomic E-state index is 0.135. The van der Waals surface area contributed by atoms with Gasteiger partial charge in [0.15, 0.2) is 0 Å². The number of amides is 1. The summed E-state index contributed by atoms with van der Waals surface area (Å²) in [5, 5.41) is 8.02. The minimum Gasteiger partial charge on any atom is -0.496 e. The molecule has 3 aromatic rings. The zero-order valence-electron chi connectivity index (χ0n) is 16.9. The van der Waals surface area contributed by atoms with Crippen molar-refractivity contribution < 1.29 is 9.53 Å². The van der Waals surface area contributed by atoms with Crippen LogP contribution in [-0.2, 0) is 11.3 Å². The van der Waals surface area contributed by atoms with Gasteiger partial charge in [-0.15, -0.1) is 0 Å². The van der Waals surface area contributed by atoms with Gasteiger partial charge in [0.05, 0.1) is 18.0 Å². The summed E-state index contributed by atoms with van der Waals surface area (Å²) in [5.74, 6) is 0.590. The lowest BCUT2D eigenvalue weighted by Gasteiger charge is -2.14. The SMILES string of the molecule is COc1ccccc1CNC(=O)C(C)Sc1ccc(=O)n(-c2ccc(C)c(Cl)c2)n1. The van der Waals surface area contributed by atoms with Crippen LogP contribution in [0.1, 0.15) is 18.1 Å². The second-order valence-electron chi connectivity index (χ2n) is 6.64. The van der Waals surface area contributed by atoms with Gasteiger partial charge in [-0.25, -0.2) is 0 Å². The number of thioether (sulfide) groups is 1. The van der Waals surface area contributed by atoms with Crippen molar-refractivity contribution in [3.05, 3.63) is 81.1 Å². The summed E-state index contributed by atoms with van der Waals surface area (Å²) in [5.41, 5.74) is 2.12. The zero-order chi connectivity index (χ0) is 21.7. The maximum atomic E-state index is 12.5. The first-order chi connectivity index (χ1) is 14.4. The number of carbonyl (C=O) groups excluding carboxylic acids is 1. The van der Waals surface area contributed by atoms with E-state index in [9.17, 15) is 9.59 Å². The molecule has 1 N–H and O–H groups in total. The molecule has 0 aliphatic rings. The quantitative estimate of drug-likeness (QED) is 0.559. The van der Waals surface area contributed by atoms with Gasteiger partial charge in [0.2, 0.25) is 5.91 Å².